The molecule has 1 N–H and O–H groups in total. The van der Waals surface area contributed by atoms with Gasteiger partial charge in [0, 0.05) is 48.1 Å². The fourth-order valence-electron chi connectivity index (χ4n) is 3.34. The summed E-state index contributed by atoms with van der Waals surface area (Å²) in [5.41, 5.74) is 1.91. The minimum Gasteiger partial charge on any atom is -0.368 e. The zero-order valence-corrected chi connectivity index (χ0v) is 18.4. The van der Waals surface area contributed by atoms with Crippen LogP contribution in [0.2, 0.25) is 5.02 Å². The van der Waals surface area contributed by atoms with Crippen LogP contribution in [0.4, 0.5) is 11.4 Å². The van der Waals surface area contributed by atoms with Gasteiger partial charge in [-0.15, -0.1) is 11.3 Å². The van der Waals surface area contributed by atoms with E-state index in [2.05, 4.69) is 9.62 Å². The second-order valence-electron chi connectivity index (χ2n) is 6.87. The molecule has 1 fully saturated rings. The van der Waals surface area contributed by atoms with Crippen LogP contribution in [0, 0.1) is 0 Å². The highest BCUT2D eigenvalue weighted by Crippen LogP contribution is 2.23. The Labute approximate surface area is 184 Å². The summed E-state index contributed by atoms with van der Waals surface area (Å²) in [6, 6.07) is 17.5. The van der Waals surface area contributed by atoms with E-state index in [1.807, 2.05) is 24.3 Å². The first-order valence-electron chi connectivity index (χ1n) is 9.38. The fourth-order valence-corrected chi connectivity index (χ4v) is 5.51. The van der Waals surface area contributed by atoms with Crippen molar-refractivity contribution in [2.45, 2.75) is 4.21 Å². The third-order valence-electron chi connectivity index (χ3n) is 4.88. The molecule has 0 atom stereocenters. The molecule has 9 heteroatoms. The van der Waals surface area contributed by atoms with Crippen LogP contribution in [0.15, 0.2) is 70.3 Å². The van der Waals surface area contributed by atoms with Gasteiger partial charge in [-0.05, 0) is 53.9 Å². The Morgan fingerprint density at radius 2 is 1.70 bits per heavy atom. The lowest BCUT2D eigenvalue weighted by atomic mass is 10.1. The van der Waals surface area contributed by atoms with E-state index in [-0.39, 0.29) is 10.1 Å². The first kappa shape index (κ1) is 20.7. The molecule has 156 valence electrons. The van der Waals surface area contributed by atoms with Crippen LogP contribution >= 0.6 is 22.9 Å². The Morgan fingerprint density at radius 3 is 2.37 bits per heavy atom. The molecular weight excluding hydrogens is 442 g/mol. The van der Waals surface area contributed by atoms with Gasteiger partial charge in [0.2, 0.25) is 0 Å². The number of thiophene rings is 1. The first-order chi connectivity index (χ1) is 14.4. The summed E-state index contributed by atoms with van der Waals surface area (Å²) >= 11 is 7.10. The molecule has 0 aliphatic carbocycles. The molecule has 0 unspecified atom stereocenters. The van der Waals surface area contributed by atoms with Crippen molar-refractivity contribution < 1.29 is 13.2 Å². The van der Waals surface area contributed by atoms with E-state index >= 15 is 0 Å². The predicted octanol–water partition coefficient (Wildman–Crippen LogP) is 4.16. The predicted molar refractivity (Wildman–Crippen MR) is 121 cm³/mol. The molecule has 0 radical (unpaired) electrons. The van der Waals surface area contributed by atoms with Crippen molar-refractivity contribution in [2.75, 3.05) is 35.8 Å². The van der Waals surface area contributed by atoms with Crippen molar-refractivity contribution in [3.05, 3.63) is 76.6 Å². The van der Waals surface area contributed by atoms with E-state index in [1.54, 1.807) is 46.7 Å². The number of nitrogens with zero attached hydrogens (tertiary/aromatic N) is 2. The molecule has 0 spiro atoms. The molecule has 1 aliphatic heterocycles. The number of carbonyl (C=O) groups excluding carboxylic acids is 1. The molecular formula is C21H20ClN3O3S2. The number of carbonyl (C=O) groups is 1. The summed E-state index contributed by atoms with van der Waals surface area (Å²) in [6.07, 6.45) is 0. The molecule has 0 bridgehead atoms. The highest BCUT2D eigenvalue weighted by molar-refractivity contribution is 7.94. The lowest BCUT2D eigenvalue weighted by molar-refractivity contribution is 0.0747. The van der Waals surface area contributed by atoms with Gasteiger partial charge in [-0.3, -0.25) is 9.52 Å². The fraction of sp³-hybridized carbons (Fsp3) is 0.190. The maximum Gasteiger partial charge on any atom is 0.271 e. The second kappa shape index (κ2) is 8.67. The number of benzene rings is 2. The van der Waals surface area contributed by atoms with Gasteiger partial charge in [0.05, 0.1) is 0 Å². The third kappa shape index (κ3) is 4.61. The number of rotatable bonds is 5. The largest absolute Gasteiger partial charge is 0.368 e. The Bertz CT molecular complexity index is 1120. The van der Waals surface area contributed by atoms with Gasteiger partial charge in [0.25, 0.3) is 15.9 Å². The van der Waals surface area contributed by atoms with Gasteiger partial charge < -0.3 is 9.80 Å². The minimum atomic E-state index is -3.65. The maximum absolute atomic E-state index is 12.9. The quantitative estimate of drug-likeness (QED) is 0.619. The third-order valence-corrected chi connectivity index (χ3v) is 7.91. The first-order valence-corrected chi connectivity index (χ1v) is 12.1. The zero-order chi connectivity index (χ0) is 21.1. The molecule has 3 aromatic rings. The Hall–Kier alpha value is -2.55. The van der Waals surface area contributed by atoms with Crippen molar-refractivity contribution in [1.29, 1.82) is 0 Å². The highest BCUT2D eigenvalue weighted by atomic mass is 35.5. The van der Waals surface area contributed by atoms with E-state index in [0.29, 0.717) is 29.4 Å². The van der Waals surface area contributed by atoms with E-state index in [9.17, 15) is 13.2 Å². The van der Waals surface area contributed by atoms with Crippen molar-refractivity contribution in [3.8, 4) is 0 Å². The van der Waals surface area contributed by atoms with Gasteiger partial charge in [0.15, 0.2) is 0 Å². The van der Waals surface area contributed by atoms with Gasteiger partial charge in [0.1, 0.15) is 4.21 Å². The van der Waals surface area contributed by atoms with Crippen molar-refractivity contribution in [1.82, 2.24) is 4.90 Å². The summed E-state index contributed by atoms with van der Waals surface area (Å²) in [5, 5.41) is 2.40. The van der Waals surface area contributed by atoms with Crippen LogP contribution in [0.1, 0.15) is 10.4 Å². The van der Waals surface area contributed by atoms with Gasteiger partial charge in [-0.1, -0.05) is 23.7 Å². The highest BCUT2D eigenvalue weighted by Gasteiger charge is 2.23. The molecule has 2 aromatic carbocycles. The van der Waals surface area contributed by atoms with E-state index in [1.165, 1.54) is 0 Å². The Kier molecular flexibility index (Phi) is 5.99. The summed E-state index contributed by atoms with van der Waals surface area (Å²) in [6.45, 7) is 2.62. The minimum absolute atomic E-state index is 0.108. The average molecular weight is 462 g/mol. The topological polar surface area (TPSA) is 69.7 Å². The molecule has 30 heavy (non-hydrogen) atoms. The summed E-state index contributed by atoms with van der Waals surface area (Å²) in [4.78, 5) is 17.0. The second-order valence-corrected chi connectivity index (χ2v) is 10.2. The number of anilines is 2. The van der Waals surface area contributed by atoms with Crippen LogP contribution in [0.3, 0.4) is 0 Å². The number of halogens is 1. The molecule has 0 saturated carbocycles. The molecule has 6 nitrogen and oxygen atoms in total. The molecule has 1 aromatic heterocycles. The Morgan fingerprint density at radius 1 is 0.967 bits per heavy atom. The van der Waals surface area contributed by atoms with Crippen LogP contribution in [-0.2, 0) is 10.0 Å². The number of amides is 1. The van der Waals surface area contributed by atoms with Crippen LogP contribution in [0.5, 0.6) is 0 Å². The SMILES string of the molecule is O=C(c1cccc(NS(=O)(=O)c2cccs2)c1)N1CCN(c2ccc(Cl)cc2)CC1. The number of hydrogen-bond donors (Lipinski definition) is 1. The van der Waals surface area contributed by atoms with Crippen LogP contribution in [-0.4, -0.2) is 45.4 Å². The average Bonchev–Trinajstić information content (AvgIpc) is 3.30. The monoisotopic (exact) mass is 461 g/mol. The number of piperazine rings is 1. The molecule has 1 saturated heterocycles. The molecule has 1 aliphatic rings. The van der Waals surface area contributed by atoms with Gasteiger partial charge >= 0.3 is 0 Å². The zero-order valence-electron chi connectivity index (χ0n) is 16.0. The number of sulfonamides is 1. The molecule has 1 amide bonds. The van der Waals surface area contributed by atoms with Crippen LogP contribution in [0.25, 0.3) is 0 Å². The van der Waals surface area contributed by atoms with E-state index in [4.69, 9.17) is 11.6 Å². The lowest BCUT2D eigenvalue weighted by Gasteiger charge is -2.36. The van der Waals surface area contributed by atoms with Crippen molar-refractivity contribution in [3.63, 3.8) is 0 Å². The number of hydrogen-bond acceptors (Lipinski definition) is 5. The summed E-state index contributed by atoms with van der Waals surface area (Å²) in [7, 11) is -3.65. The van der Waals surface area contributed by atoms with Crippen LogP contribution < -0.4 is 9.62 Å². The van der Waals surface area contributed by atoms with Crippen molar-refractivity contribution >= 4 is 50.2 Å². The Balaban J connectivity index is 1.42. The molecule has 4 rings (SSSR count). The lowest BCUT2D eigenvalue weighted by Crippen LogP contribution is -2.48. The number of nitrogens with one attached hydrogen (secondary N) is 1. The van der Waals surface area contributed by atoms with E-state index < -0.39 is 10.0 Å². The van der Waals surface area contributed by atoms with Crippen molar-refractivity contribution in [2.24, 2.45) is 0 Å². The maximum atomic E-state index is 12.9. The molecule has 2 heterocycles. The van der Waals surface area contributed by atoms with Gasteiger partial charge in [-0.2, -0.15) is 0 Å². The van der Waals surface area contributed by atoms with Gasteiger partial charge in [-0.25, -0.2) is 8.42 Å². The standard InChI is InChI=1S/C21H20ClN3O3S2/c22-17-6-8-19(9-7-17)24-10-12-25(13-11-24)21(26)16-3-1-4-18(15-16)23-30(27,28)20-5-2-14-29-20/h1-9,14-15,23H,10-13H2. The summed E-state index contributed by atoms with van der Waals surface area (Å²) in [5.74, 6) is -0.108. The summed E-state index contributed by atoms with van der Waals surface area (Å²) < 4.78 is 27.6. The smallest absolute Gasteiger partial charge is 0.271 e. The normalized spacial score (nSPS) is 14.6. The van der Waals surface area contributed by atoms with E-state index in [0.717, 1.165) is 30.1 Å².